The summed E-state index contributed by atoms with van der Waals surface area (Å²) in [5.74, 6) is 1.59. The van der Waals surface area contributed by atoms with Gasteiger partial charge in [0.15, 0.2) is 11.6 Å². The molecule has 3 heterocycles. The van der Waals surface area contributed by atoms with Gasteiger partial charge in [-0.05, 0) is 24.6 Å². The number of thiophene rings is 1. The van der Waals surface area contributed by atoms with Gasteiger partial charge >= 0.3 is 0 Å². The van der Waals surface area contributed by atoms with Crippen molar-refractivity contribution in [3.05, 3.63) is 75.5 Å². The summed E-state index contributed by atoms with van der Waals surface area (Å²) < 4.78 is 5.31. The molecule has 0 radical (unpaired) electrons. The first-order chi connectivity index (χ1) is 12.2. The van der Waals surface area contributed by atoms with Crippen molar-refractivity contribution in [1.82, 2.24) is 9.97 Å². The fraction of sp³-hybridized carbons (Fsp3) is 0.158. The first-order valence-electron chi connectivity index (χ1n) is 8.14. The van der Waals surface area contributed by atoms with E-state index in [9.17, 15) is 4.79 Å². The highest BCUT2D eigenvalue weighted by atomic mass is 32.1. The van der Waals surface area contributed by atoms with Gasteiger partial charge in [0, 0.05) is 10.4 Å². The molecule has 0 amide bonds. The number of aromatic nitrogens is 2. The molecule has 25 heavy (non-hydrogen) atoms. The molecule has 0 saturated heterocycles. The molecule has 0 unspecified atom stereocenters. The topological polar surface area (TPSA) is 75.5 Å². The zero-order chi connectivity index (χ0) is 17.2. The van der Waals surface area contributed by atoms with Gasteiger partial charge in [-0.15, -0.1) is 11.3 Å². The monoisotopic (exact) mass is 352 g/mol. The molecule has 0 bridgehead atoms. The largest absolute Gasteiger partial charge is 0.463 e. The normalized spacial score (nSPS) is 11.2. The molecule has 0 aliphatic carbocycles. The third kappa shape index (κ3) is 3.14. The van der Waals surface area contributed by atoms with Gasteiger partial charge in [0.05, 0.1) is 11.6 Å². The van der Waals surface area contributed by atoms with E-state index in [0.29, 0.717) is 24.3 Å². The van der Waals surface area contributed by atoms with Crippen LogP contribution in [0.4, 0.5) is 0 Å². The van der Waals surface area contributed by atoms with Crippen LogP contribution in [0.3, 0.4) is 0 Å². The number of aromatic amines is 1. The maximum absolute atomic E-state index is 12.7. The van der Waals surface area contributed by atoms with Crippen molar-refractivity contribution in [2.75, 3.05) is 0 Å². The number of hydrogen-bond donors (Lipinski definition) is 2. The summed E-state index contributed by atoms with van der Waals surface area (Å²) in [7, 11) is 0. The van der Waals surface area contributed by atoms with Gasteiger partial charge in [-0.25, -0.2) is 4.98 Å². The Morgan fingerprint density at radius 1 is 1.16 bits per heavy atom. The Morgan fingerprint density at radius 3 is 2.76 bits per heavy atom. The lowest BCUT2D eigenvalue weighted by Crippen LogP contribution is -2.81. The Labute approximate surface area is 148 Å². The second kappa shape index (κ2) is 6.66. The molecule has 5 nitrogen and oxygen atoms in total. The number of aryl methyl sites for hydroxylation is 1. The van der Waals surface area contributed by atoms with E-state index in [1.807, 2.05) is 49.4 Å². The summed E-state index contributed by atoms with van der Waals surface area (Å²) in [4.78, 5) is 22.2. The summed E-state index contributed by atoms with van der Waals surface area (Å²) in [5.41, 5.74) is 1.96. The van der Waals surface area contributed by atoms with Crippen molar-refractivity contribution >= 4 is 21.6 Å². The lowest BCUT2D eigenvalue weighted by molar-refractivity contribution is -0.688. The fourth-order valence-electron chi connectivity index (χ4n) is 2.99. The van der Waals surface area contributed by atoms with Gasteiger partial charge in [-0.2, -0.15) is 0 Å². The predicted octanol–water partition coefficient (Wildman–Crippen LogP) is 2.82. The summed E-state index contributed by atoms with van der Waals surface area (Å²) in [6.45, 7) is 3.35. The molecule has 4 rings (SSSR count). The number of nitrogens with zero attached hydrogens (tertiary/aromatic N) is 1. The van der Waals surface area contributed by atoms with E-state index in [2.05, 4.69) is 15.3 Å². The molecule has 0 saturated carbocycles. The maximum Gasteiger partial charge on any atom is 0.260 e. The van der Waals surface area contributed by atoms with E-state index in [0.717, 1.165) is 26.6 Å². The smallest absolute Gasteiger partial charge is 0.260 e. The molecule has 1 aromatic carbocycles. The van der Waals surface area contributed by atoms with E-state index >= 15 is 0 Å². The summed E-state index contributed by atoms with van der Waals surface area (Å²) in [6, 6.07) is 13.8. The van der Waals surface area contributed by atoms with Crippen LogP contribution in [0.1, 0.15) is 16.5 Å². The van der Waals surface area contributed by atoms with Gasteiger partial charge < -0.3 is 14.7 Å². The molecule has 3 N–H and O–H groups in total. The number of H-pyrrole nitrogens is 1. The molecular formula is C19H18N3O2S+. The van der Waals surface area contributed by atoms with E-state index in [1.165, 1.54) is 0 Å². The van der Waals surface area contributed by atoms with Crippen molar-refractivity contribution < 1.29 is 9.73 Å². The molecule has 0 spiro atoms. The zero-order valence-electron chi connectivity index (χ0n) is 13.8. The average Bonchev–Trinajstić information content (AvgIpc) is 3.23. The maximum atomic E-state index is 12.7. The predicted molar refractivity (Wildman–Crippen MR) is 98.5 cm³/mol. The average molecular weight is 352 g/mol. The number of hydrogen-bond acceptors (Lipinski definition) is 4. The van der Waals surface area contributed by atoms with Crippen LogP contribution in [0, 0.1) is 6.92 Å². The van der Waals surface area contributed by atoms with Crippen LogP contribution in [-0.4, -0.2) is 9.97 Å². The van der Waals surface area contributed by atoms with Crippen LogP contribution in [0.2, 0.25) is 0 Å². The second-order valence-electron chi connectivity index (χ2n) is 5.87. The van der Waals surface area contributed by atoms with Gasteiger partial charge in [0.25, 0.3) is 5.56 Å². The van der Waals surface area contributed by atoms with Gasteiger partial charge in [-0.1, -0.05) is 30.3 Å². The molecular weight excluding hydrogens is 334 g/mol. The molecule has 126 valence electrons. The Kier molecular flexibility index (Phi) is 4.21. The SMILES string of the molecule is Cc1sc2nc(C[NH2+]Cc3ccco3)[nH]c(=O)c2c1-c1ccccc1. The van der Waals surface area contributed by atoms with Crippen LogP contribution in [0.25, 0.3) is 21.3 Å². The molecule has 0 atom stereocenters. The fourth-order valence-corrected chi connectivity index (χ4v) is 4.06. The number of furan rings is 1. The summed E-state index contributed by atoms with van der Waals surface area (Å²) in [5, 5.41) is 2.74. The van der Waals surface area contributed by atoms with Crippen molar-refractivity contribution in [1.29, 1.82) is 0 Å². The molecule has 0 aliphatic heterocycles. The highest BCUT2D eigenvalue weighted by molar-refractivity contribution is 7.19. The Hall–Kier alpha value is -2.70. The molecule has 0 aliphatic rings. The number of nitrogens with two attached hydrogens (primary N) is 1. The molecule has 3 aromatic heterocycles. The van der Waals surface area contributed by atoms with E-state index in [-0.39, 0.29) is 5.56 Å². The Bertz CT molecular complexity index is 1050. The molecule has 6 heteroatoms. The van der Waals surface area contributed by atoms with Crippen LogP contribution in [0.5, 0.6) is 0 Å². The van der Waals surface area contributed by atoms with Crippen molar-refractivity contribution in [3.8, 4) is 11.1 Å². The van der Waals surface area contributed by atoms with E-state index < -0.39 is 0 Å². The Balaban J connectivity index is 1.66. The standard InChI is InChI=1S/C19H17N3O2S/c1-12-16(13-6-3-2-4-7-13)17-18(23)21-15(22-19(17)25-12)11-20-10-14-8-5-9-24-14/h2-9,20H,10-11H2,1H3,(H,21,22,23)/p+1. The van der Waals surface area contributed by atoms with Crippen molar-refractivity contribution in [2.24, 2.45) is 0 Å². The van der Waals surface area contributed by atoms with Gasteiger partial charge in [0.2, 0.25) is 0 Å². The first-order valence-corrected chi connectivity index (χ1v) is 8.96. The van der Waals surface area contributed by atoms with E-state index in [1.54, 1.807) is 17.6 Å². The zero-order valence-corrected chi connectivity index (χ0v) is 14.6. The Morgan fingerprint density at radius 2 is 2.00 bits per heavy atom. The number of quaternary nitrogens is 1. The quantitative estimate of drug-likeness (QED) is 0.580. The molecule has 4 aromatic rings. The van der Waals surface area contributed by atoms with Gasteiger partial charge in [-0.3, -0.25) is 4.79 Å². The number of rotatable bonds is 5. The minimum atomic E-state index is -0.0744. The van der Waals surface area contributed by atoms with Crippen LogP contribution >= 0.6 is 11.3 Å². The third-order valence-corrected chi connectivity index (χ3v) is 5.11. The highest BCUT2D eigenvalue weighted by Gasteiger charge is 2.16. The third-order valence-electron chi connectivity index (χ3n) is 4.11. The number of benzene rings is 1. The van der Waals surface area contributed by atoms with Crippen LogP contribution < -0.4 is 10.9 Å². The van der Waals surface area contributed by atoms with Crippen LogP contribution in [0.15, 0.2) is 57.9 Å². The first kappa shape index (κ1) is 15.8. The lowest BCUT2D eigenvalue weighted by atomic mass is 10.0. The molecule has 0 fully saturated rings. The van der Waals surface area contributed by atoms with E-state index in [4.69, 9.17) is 4.42 Å². The number of nitrogens with one attached hydrogen (secondary N) is 1. The lowest BCUT2D eigenvalue weighted by Gasteiger charge is -2.02. The second-order valence-corrected chi connectivity index (χ2v) is 7.07. The summed E-state index contributed by atoms with van der Waals surface area (Å²) >= 11 is 1.57. The summed E-state index contributed by atoms with van der Waals surface area (Å²) in [6.07, 6.45) is 1.66. The van der Waals surface area contributed by atoms with Crippen molar-refractivity contribution in [3.63, 3.8) is 0 Å². The van der Waals surface area contributed by atoms with Crippen LogP contribution in [-0.2, 0) is 13.1 Å². The van der Waals surface area contributed by atoms with Gasteiger partial charge in [0.1, 0.15) is 17.9 Å². The van der Waals surface area contributed by atoms with Crippen molar-refractivity contribution in [2.45, 2.75) is 20.0 Å². The number of fused-ring (bicyclic) bond motifs is 1. The minimum Gasteiger partial charge on any atom is -0.463 e. The highest BCUT2D eigenvalue weighted by Crippen LogP contribution is 2.35. The minimum absolute atomic E-state index is 0.0744.